The highest BCUT2D eigenvalue weighted by Crippen LogP contribution is 2.30. The molecule has 0 unspecified atom stereocenters. The number of piperidine rings is 1. The van der Waals surface area contributed by atoms with Gasteiger partial charge in [0.25, 0.3) is 5.91 Å². The van der Waals surface area contributed by atoms with Crippen molar-refractivity contribution in [3.63, 3.8) is 0 Å². The van der Waals surface area contributed by atoms with E-state index in [2.05, 4.69) is 20.4 Å². The van der Waals surface area contributed by atoms with Crippen LogP contribution in [0.5, 0.6) is 0 Å². The zero-order chi connectivity index (χ0) is 18.0. The fourth-order valence-electron chi connectivity index (χ4n) is 3.20. The molecule has 0 bridgehead atoms. The van der Waals surface area contributed by atoms with Crippen LogP contribution in [0.25, 0.3) is 0 Å². The van der Waals surface area contributed by atoms with Gasteiger partial charge in [-0.15, -0.1) is 0 Å². The molecule has 2 aromatic rings. The Morgan fingerprint density at radius 2 is 2.16 bits per heavy atom. The lowest BCUT2D eigenvalue weighted by Crippen LogP contribution is -2.37. The lowest BCUT2D eigenvalue weighted by atomic mass is 10.0. The predicted molar refractivity (Wildman–Crippen MR) is 93.1 cm³/mol. The monoisotopic (exact) mass is 346 g/mol. The first-order chi connectivity index (χ1) is 12.0. The predicted octanol–water partition coefficient (Wildman–Crippen LogP) is 2.31. The maximum Gasteiger partial charge on any atom is 0.255 e. The molecule has 0 spiro atoms. The number of aromatic nitrogens is 2. The quantitative estimate of drug-likeness (QED) is 0.793. The van der Waals surface area contributed by atoms with Crippen LogP contribution in [0.2, 0.25) is 0 Å². The molecule has 0 aliphatic carbocycles. The molecule has 7 heteroatoms. The van der Waals surface area contributed by atoms with Gasteiger partial charge < -0.3 is 15.3 Å². The molecule has 134 valence electrons. The van der Waals surface area contributed by atoms with Gasteiger partial charge in [0.2, 0.25) is 0 Å². The number of aliphatic hydroxyl groups excluding tert-OH is 1. The molecule has 1 aliphatic heterocycles. The second-order valence-electron chi connectivity index (χ2n) is 6.53. The minimum absolute atomic E-state index is 0.247. The summed E-state index contributed by atoms with van der Waals surface area (Å²) in [7, 11) is 0. The summed E-state index contributed by atoms with van der Waals surface area (Å²) < 4.78 is 13.8. The summed E-state index contributed by atoms with van der Waals surface area (Å²) in [6.45, 7) is 5.03. The fourth-order valence-corrected chi connectivity index (χ4v) is 3.20. The van der Waals surface area contributed by atoms with Crippen molar-refractivity contribution in [3.8, 4) is 0 Å². The molecule has 3 N–H and O–H groups in total. The number of aromatic amines is 1. The number of H-pyrrole nitrogens is 1. The third-order valence-corrected chi connectivity index (χ3v) is 4.68. The molecule has 1 amide bonds. The van der Waals surface area contributed by atoms with E-state index in [1.807, 2.05) is 6.92 Å². The Bertz CT molecular complexity index is 753. The van der Waals surface area contributed by atoms with Crippen LogP contribution in [0.1, 0.15) is 47.4 Å². The van der Waals surface area contributed by atoms with E-state index in [-0.39, 0.29) is 23.9 Å². The largest absolute Gasteiger partial charge is 0.393 e. The number of carbonyl (C=O) groups is 1. The van der Waals surface area contributed by atoms with Crippen molar-refractivity contribution in [2.45, 2.75) is 38.8 Å². The number of hydrogen-bond donors (Lipinski definition) is 3. The van der Waals surface area contributed by atoms with Gasteiger partial charge in [-0.05, 0) is 44.9 Å². The van der Waals surface area contributed by atoms with Gasteiger partial charge in [0, 0.05) is 30.0 Å². The summed E-state index contributed by atoms with van der Waals surface area (Å²) in [5.41, 5.74) is 2.79. The van der Waals surface area contributed by atoms with Gasteiger partial charge in [0.15, 0.2) is 0 Å². The van der Waals surface area contributed by atoms with Crippen molar-refractivity contribution in [3.05, 3.63) is 47.0 Å². The number of carbonyl (C=O) groups excluding carboxylic acids is 1. The molecule has 3 rings (SSSR count). The first-order valence-corrected chi connectivity index (χ1v) is 8.49. The number of nitrogens with one attached hydrogen (secondary N) is 2. The zero-order valence-electron chi connectivity index (χ0n) is 14.4. The molecule has 1 atom stereocenters. The first-order valence-electron chi connectivity index (χ1n) is 8.49. The molecule has 0 radical (unpaired) electrons. The third-order valence-electron chi connectivity index (χ3n) is 4.68. The topological polar surface area (TPSA) is 81.2 Å². The average Bonchev–Trinajstić information content (AvgIpc) is 3.02. The number of halogens is 1. The van der Waals surface area contributed by atoms with Gasteiger partial charge in [-0.2, -0.15) is 5.10 Å². The Balaban J connectivity index is 1.81. The standard InChI is InChI=1S/C18H23FN4O2/c1-11(21-18(25)16-10-20-22-12(16)2)15-9-13(19)3-4-17(15)23-7-5-14(24)6-8-23/h3-4,9-11,14,24H,5-8H2,1-2H3,(H,20,22)(H,21,25)/t11-/m0/s1. The fraction of sp³-hybridized carbons (Fsp3) is 0.444. The number of hydrogen-bond acceptors (Lipinski definition) is 4. The maximum atomic E-state index is 13.8. The molecule has 2 heterocycles. The second-order valence-corrected chi connectivity index (χ2v) is 6.53. The second kappa shape index (κ2) is 7.23. The molecule has 1 aromatic carbocycles. The summed E-state index contributed by atoms with van der Waals surface area (Å²) in [6.07, 6.45) is 2.58. The molecule has 6 nitrogen and oxygen atoms in total. The van der Waals surface area contributed by atoms with Gasteiger partial charge in [-0.25, -0.2) is 4.39 Å². The number of anilines is 1. The van der Waals surface area contributed by atoms with Crippen molar-refractivity contribution in [1.82, 2.24) is 15.5 Å². The van der Waals surface area contributed by atoms with Crippen LogP contribution in [-0.2, 0) is 0 Å². The minimum Gasteiger partial charge on any atom is -0.393 e. The summed E-state index contributed by atoms with van der Waals surface area (Å²) in [5, 5.41) is 19.2. The highest BCUT2D eigenvalue weighted by Gasteiger charge is 2.23. The van der Waals surface area contributed by atoms with Crippen LogP contribution >= 0.6 is 0 Å². The van der Waals surface area contributed by atoms with Crippen LogP contribution in [0.4, 0.5) is 10.1 Å². The maximum absolute atomic E-state index is 13.8. The van der Waals surface area contributed by atoms with E-state index in [9.17, 15) is 14.3 Å². The number of benzene rings is 1. The molecular formula is C18H23FN4O2. The molecular weight excluding hydrogens is 323 g/mol. The van der Waals surface area contributed by atoms with E-state index in [0.717, 1.165) is 11.3 Å². The number of nitrogens with zero attached hydrogens (tertiary/aromatic N) is 2. The highest BCUT2D eigenvalue weighted by molar-refractivity contribution is 5.95. The van der Waals surface area contributed by atoms with Crippen LogP contribution in [0, 0.1) is 12.7 Å². The number of aliphatic hydroxyl groups is 1. The first kappa shape index (κ1) is 17.4. The SMILES string of the molecule is Cc1[nH]ncc1C(=O)N[C@@H](C)c1cc(F)ccc1N1CCC(O)CC1. The van der Waals surface area contributed by atoms with Crippen molar-refractivity contribution < 1.29 is 14.3 Å². The molecule has 1 fully saturated rings. The Morgan fingerprint density at radius 1 is 1.44 bits per heavy atom. The van der Waals surface area contributed by atoms with Gasteiger partial charge in [0.05, 0.1) is 23.9 Å². The Morgan fingerprint density at radius 3 is 2.80 bits per heavy atom. The van der Waals surface area contributed by atoms with Crippen LogP contribution in [0.15, 0.2) is 24.4 Å². The smallest absolute Gasteiger partial charge is 0.255 e. The lowest BCUT2D eigenvalue weighted by molar-refractivity contribution is 0.0939. The molecule has 1 aliphatic rings. The van der Waals surface area contributed by atoms with Crippen molar-refractivity contribution >= 4 is 11.6 Å². The van der Waals surface area contributed by atoms with Crippen LogP contribution < -0.4 is 10.2 Å². The van der Waals surface area contributed by atoms with Gasteiger partial charge in [-0.1, -0.05) is 0 Å². The molecule has 25 heavy (non-hydrogen) atoms. The van der Waals surface area contributed by atoms with Crippen molar-refractivity contribution in [2.24, 2.45) is 0 Å². The average molecular weight is 346 g/mol. The summed E-state index contributed by atoms with van der Waals surface area (Å²) in [5.74, 6) is -0.584. The number of rotatable bonds is 4. The van der Waals surface area contributed by atoms with E-state index in [4.69, 9.17) is 0 Å². The minimum atomic E-state index is -0.362. The Kier molecular flexibility index (Phi) is 5.03. The Hall–Kier alpha value is -2.41. The van der Waals surface area contributed by atoms with Gasteiger partial charge in [-0.3, -0.25) is 9.89 Å². The third kappa shape index (κ3) is 3.82. The molecule has 1 aromatic heterocycles. The lowest BCUT2D eigenvalue weighted by Gasteiger charge is -2.34. The molecule has 0 saturated carbocycles. The van der Waals surface area contributed by atoms with E-state index in [0.29, 0.717) is 37.2 Å². The van der Waals surface area contributed by atoms with E-state index in [1.54, 1.807) is 13.0 Å². The summed E-state index contributed by atoms with van der Waals surface area (Å²) in [6, 6.07) is 4.28. The Labute approximate surface area is 146 Å². The van der Waals surface area contributed by atoms with E-state index >= 15 is 0 Å². The van der Waals surface area contributed by atoms with Crippen LogP contribution in [-0.4, -0.2) is 40.4 Å². The summed E-state index contributed by atoms with van der Waals surface area (Å²) in [4.78, 5) is 14.5. The van der Waals surface area contributed by atoms with E-state index < -0.39 is 0 Å². The molecule has 1 saturated heterocycles. The summed E-state index contributed by atoms with van der Waals surface area (Å²) >= 11 is 0. The van der Waals surface area contributed by atoms with Gasteiger partial charge in [0.1, 0.15) is 5.82 Å². The van der Waals surface area contributed by atoms with Crippen molar-refractivity contribution in [1.29, 1.82) is 0 Å². The normalized spacial score (nSPS) is 16.7. The van der Waals surface area contributed by atoms with Crippen molar-refractivity contribution in [2.75, 3.05) is 18.0 Å². The van der Waals surface area contributed by atoms with Crippen LogP contribution in [0.3, 0.4) is 0 Å². The number of aryl methyl sites for hydroxylation is 1. The highest BCUT2D eigenvalue weighted by atomic mass is 19.1. The number of amides is 1. The zero-order valence-corrected chi connectivity index (χ0v) is 14.4. The van der Waals surface area contributed by atoms with Gasteiger partial charge >= 0.3 is 0 Å². The van der Waals surface area contributed by atoms with E-state index in [1.165, 1.54) is 18.3 Å².